The van der Waals surface area contributed by atoms with Crippen LogP contribution in [0.25, 0.3) is 10.9 Å². The van der Waals surface area contributed by atoms with Crippen LogP contribution in [0.5, 0.6) is 5.75 Å². The maximum Gasteiger partial charge on any atom is 0.254 e. The summed E-state index contributed by atoms with van der Waals surface area (Å²) in [7, 11) is 1.81. The Morgan fingerprint density at radius 1 is 1.28 bits per heavy atom. The van der Waals surface area contributed by atoms with Crippen LogP contribution in [-0.2, 0) is 11.3 Å². The van der Waals surface area contributed by atoms with Crippen LogP contribution in [0, 0.1) is 0 Å². The monoisotopic (exact) mass is 453 g/mol. The summed E-state index contributed by atoms with van der Waals surface area (Å²) in [6.45, 7) is 2.89. The zero-order valence-corrected chi connectivity index (χ0v) is 17.7. The van der Waals surface area contributed by atoms with Gasteiger partial charge >= 0.3 is 0 Å². The van der Waals surface area contributed by atoms with Gasteiger partial charge in [0.1, 0.15) is 18.2 Å². The average molecular weight is 454 g/mol. The molecule has 6 nitrogen and oxygen atoms in total. The minimum absolute atomic E-state index is 0.0613. The number of amides is 1. The lowest BCUT2D eigenvalue weighted by Gasteiger charge is -2.24. The molecule has 0 spiro atoms. The van der Waals surface area contributed by atoms with Crippen LogP contribution < -0.4 is 10.5 Å². The van der Waals surface area contributed by atoms with Crippen molar-refractivity contribution in [1.29, 1.82) is 0 Å². The molecule has 3 aromatic rings. The third kappa shape index (κ3) is 2.88. The van der Waals surface area contributed by atoms with Crippen LogP contribution in [-0.4, -0.2) is 29.4 Å². The number of carbonyl (C=O) groups excluding carboxylic acids is 1. The summed E-state index contributed by atoms with van der Waals surface area (Å²) in [5.41, 5.74) is 10.5. The molecule has 2 aliphatic rings. The van der Waals surface area contributed by atoms with Gasteiger partial charge in [0.25, 0.3) is 5.91 Å². The van der Waals surface area contributed by atoms with E-state index < -0.39 is 0 Å². The first-order valence-corrected chi connectivity index (χ1v) is 10.3. The molecule has 1 amide bonds. The van der Waals surface area contributed by atoms with Crippen LogP contribution >= 0.6 is 15.9 Å². The zero-order valence-electron chi connectivity index (χ0n) is 16.1. The van der Waals surface area contributed by atoms with Crippen molar-refractivity contribution < 1.29 is 14.3 Å². The lowest BCUT2D eigenvalue weighted by Crippen LogP contribution is -2.32. The number of nitrogens with two attached hydrogens (primary N) is 1. The van der Waals surface area contributed by atoms with Gasteiger partial charge in [0.2, 0.25) is 0 Å². The molecule has 2 N–H and O–H groups in total. The quantitative estimate of drug-likeness (QED) is 0.622. The first-order valence-electron chi connectivity index (χ1n) is 9.47. The van der Waals surface area contributed by atoms with E-state index in [4.69, 9.17) is 15.2 Å². The van der Waals surface area contributed by atoms with Gasteiger partial charge < -0.3 is 20.1 Å². The summed E-state index contributed by atoms with van der Waals surface area (Å²) in [6.07, 6.45) is -0.0876. The first-order chi connectivity index (χ1) is 13.9. The van der Waals surface area contributed by atoms with Crippen molar-refractivity contribution >= 4 is 38.6 Å². The van der Waals surface area contributed by atoms with Gasteiger partial charge in [-0.2, -0.15) is 0 Å². The molecule has 0 saturated carbocycles. The van der Waals surface area contributed by atoms with Crippen molar-refractivity contribution in [2.45, 2.75) is 25.7 Å². The largest absolute Gasteiger partial charge is 0.491 e. The van der Waals surface area contributed by atoms with E-state index in [0.29, 0.717) is 24.6 Å². The molecular weight excluding hydrogens is 434 g/mol. The van der Waals surface area contributed by atoms with Crippen LogP contribution in [0.1, 0.15) is 46.1 Å². The highest BCUT2D eigenvalue weighted by atomic mass is 79.9. The van der Waals surface area contributed by atoms with Crippen LogP contribution in [0.4, 0.5) is 5.82 Å². The molecule has 1 unspecified atom stereocenters. The van der Waals surface area contributed by atoms with E-state index in [0.717, 1.165) is 37.8 Å². The van der Waals surface area contributed by atoms with Gasteiger partial charge in [0.05, 0.1) is 24.3 Å². The fraction of sp³-hybridized carbons (Fsp3) is 0.273. The second-order valence-corrected chi connectivity index (χ2v) is 8.42. The van der Waals surface area contributed by atoms with E-state index in [1.54, 1.807) is 11.0 Å². The van der Waals surface area contributed by atoms with Crippen molar-refractivity contribution in [3.8, 4) is 5.75 Å². The zero-order chi connectivity index (χ0) is 20.3. The molecule has 0 radical (unpaired) electrons. The number of halogens is 1. The topological polar surface area (TPSA) is 77.7 Å². The summed E-state index contributed by atoms with van der Waals surface area (Å²) in [6, 6.07) is 11.3. The number of carbonyl (C=O) groups is 1. The summed E-state index contributed by atoms with van der Waals surface area (Å²) in [5, 5.41) is 0.921. The van der Waals surface area contributed by atoms with Gasteiger partial charge in [0.15, 0.2) is 0 Å². The number of ether oxygens (including phenoxy) is 2. The maximum atomic E-state index is 13.3. The number of aromatic nitrogens is 1. The molecule has 148 valence electrons. The predicted octanol–water partition coefficient (Wildman–Crippen LogP) is 4.38. The summed E-state index contributed by atoms with van der Waals surface area (Å²) >= 11 is 3.46. The van der Waals surface area contributed by atoms with Crippen LogP contribution in [0.15, 0.2) is 40.9 Å². The molecular formula is C22H20BrN3O3. The van der Waals surface area contributed by atoms with Gasteiger partial charge in [-0.25, -0.2) is 4.98 Å². The number of anilines is 1. The lowest BCUT2D eigenvalue weighted by molar-refractivity contribution is 0.0708. The van der Waals surface area contributed by atoms with E-state index in [1.807, 2.05) is 44.3 Å². The Hall–Kier alpha value is -2.64. The number of nitrogens with zero attached hydrogens (tertiary/aromatic N) is 2. The molecule has 29 heavy (non-hydrogen) atoms. The van der Waals surface area contributed by atoms with E-state index in [9.17, 15) is 4.79 Å². The van der Waals surface area contributed by atoms with Gasteiger partial charge in [-0.05, 0) is 42.8 Å². The molecule has 0 saturated heterocycles. The Morgan fingerprint density at radius 2 is 2.10 bits per heavy atom. The smallest absolute Gasteiger partial charge is 0.254 e. The Balaban J connectivity index is 1.51. The third-order valence-corrected chi connectivity index (χ3v) is 6.31. The highest BCUT2D eigenvalue weighted by molar-refractivity contribution is 9.10. The Kier molecular flexibility index (Phi) is 4.26. The highest BCUT2D eigenvalue weighted by Crippen LogP contribution is 2.40. The number of hydrogen-bond acceptors (Lipinski definition) is 5. The fourth-order valence-electron chi connectivity index (χ4n) is 4.23. The standard InChI is InChI=1S/C22H20BrN3O3/c1-11-20-16(9-28-11)15-7-12(3-6-17(15)25-21(20)24)22(27)26(2)18-10-29-19-8-13(23)4-5-14(18)19/h3-8,11,18H,9-10H2,1-2H3,(H2,24,25)/t11-,18?/m1/s1. The molecule has 1 aromatic heterocycles. The molecule has 2 aromatic carbocycles. The van der Waals surface area contributed by atoms with Crippen molar-refractivity contribution in [1.82, 2.24) is 9.88 Å². The Labute approximate surface area is 176 Å². The van der Waals surface area contributed by atoms with Gasteiger partial charge in [-0.15, -0.1) is 0 Å². The average Bonchev–Trinajstić information content (AvgIpc) is 3.30. The fourth-order valence-corrected chi connectivity index (χ4v) is 4.57. The number of rotatable bonds is 2. The van der Waals surface area contributed by atoms with E-state index >= 15 is 0 Å². The van der Waals surface area contributed by atoms with Crippen molar-refractivity contribution in [3.63, 3.8) is 0 Å². The van der Waals surface area contributed by atoms with Crippen molar-refractivity contribution in [2.75, 3.05) is 19.4 Å². The van der Waals surface area contributed by atoms with Crippen LogP contribution in [0.3, 0.4) is 0 Å². The SMILES string of the molecule is C[C@H]1OCc2c1c(N)nc1ccc(C(=O)N(C)C3COc4cc(Br)ccc43)cc21. The molecule has 0 aliphatic carbocycles. The lowest BCUT2D eigenvalue weighted by atomic mass is 9.99. The molecule has 0 fully saturated rings. The summed E-state index contributed by atoms with van der Waals surface area (Å²) in [5.74, 6) is 1.25. The summed E-state index contributed by atoms with van der Waals surface area (Å²) in [4.78, 5) is 19.5. The number of nitrogen functional groups attached to an aromatic ring is 1. The molecule has 5 rings (SSSR count). The number of likely N-dealkylation sites (N-methyl/N-ethyl adjacent to an activating group) is 1. The van der Waals surface area contributed by atoms with E-state index in [1.165, 1.54) is 0 Å². The number of benzene rings is 2. The predicted molar refractivity (Wildman–Crippen MR) is 114 cm³/mol. The van der Waals surface area contributed by atoms with Crippen molar-refractivity contribution in [2.24, 2.45) is 0 Å². The highest BCUT2D eigenvalue weighted by Gasteiger charge is 2.31. The summed E-state index contributed by atoms with van der Waals surface area (Å²) < 4.78 is 12.5. The second-order valence-electron chi connectivity index (χ2n) is 7.50. The minimum atomic E-state index is -0.125. The Bertz CT molecular complexity index is 1160. The molecule has 3 heterocycles. The first kappa shape index (κ1) is 18.4. The molecule has 0 bridgehead atoms. The third-order valence-electron chi connectivity index (χ3n) is 5.81. The van der Waals surface area contributed by atoms with Crippen LogP contribution in [0.2, 0.25) is 0 Å². The van der Waals surface area contributed by atoms with E-state index in [2.05, 4.69) is 20.9 Å². The van der Waals surface area contributed by atoms with Gasteiger partial charge in [0, 0.05) is 33.6 Å². The number of pyridine rings is 1. The number of fused-ring (bicyclic) bond motifs is 4. The molecule has 7 heteroatoms. The Morgan fingerprint density at radius 3 is 2.93 bits per heavy atom. The van der Waals surface area contributed by atoms with Crippen molar-refractivity contribution in [3.05, 3.63) is 63.1 Å². The number of hydrogen-bond donors (Lipinski definition) is 1. The maximum absolute atomic E-state index is 13.3. The van der Waals surface area contributed by atoms with E-state index in [-0.39, 0.29) is 18.1 Å². The molecule has 2 aliphatic heterocycles. The second kappa shape index (κ2) is 6.71. The van der Waals surface area contributed by atoms with Gasteiger partial charge in [-0.3, -0.25) is 4.79 Å². The molecule has 2 atom stereocenters. The minimum Gasteiger partial charge on any atom is -0.491 e. The normalized spacial score (nSPS) is 19.7. The van der Waals surface area contributed by atoms with Gasteiger partial charge in [-0.1, -0.05) is 22.0 Å².